The van der Waals surface area contributed by atoms with E-state index in [9.17, 15) is 9.59 Å². The molecular formula is C13H10N4O3S. The van der Waals surface area contributed by atoms with Crippen molar-refractivity contribution in [1.29, 1.82) is 0 Å². The summed E-state index contributed by atoms with van der Waals surface area (Å²) in [4.78, 5) is 31.1. The zero-order valence-corrected chi connectivity index (χ0v) is 11.8. The van der Waals surface area contributed by atoms with Crippen LogP contribution in [0.15, 0.2) is 36.8 Å². The van der Waals surface area contributed by atoms with Crippen molar-refractivity contribution in [3.8, 4) is 5.88 Å². The number of ether oxygens (including phenoxy) is 1. The predicted octanol–water partition coefficient (Wildman–Crippen LogP) is 1.22. The molecule has 1 aromatic carbocycles. The number of H-pyrrole nitrogens is 1. The van der Waals surface area contributed by atoms with Crippen molar-refractivity contribution < 1.29 is 14.3 Å². The van der Waals surface area contributed by atoms with Gasteiger partial charge in [0.25, 0.3) is 17.0 Å². The first-order valence-corrected chi connectivity index (χ1v) is 6.42. The number of rotatable bonds is 2. The number of amides is 2. The summed E-state index contributed by atoms with van der Waals surface area (Å²) in [5, 5.41) is 2.10. The smallest absolute Gasteiger partial charge is 0.285 e. The Morgan fingerprint density at radius 2 is 1.90 bits per heavy atom. The largest absolute Gasteiger partial charge is 0.412 e. The predicted molar refractivity (Wildman–Crippen MR) is 76.5 cm³/mol. The molecule has 1 N–H and O–H groups in total. The highest BCUT2D eigenvalue weighted by Gasteiger charge is 2.39. The summed E-state index contributed by atoms with van der Waals surface area (Å²) in [5.74, 6) is -0.550. The SMILES string of the molecule is CN(C(=S)Oc1cnc[nH]1)N1C(=O)c2ccccc2C1=O. The Balaban J connectivity index is 1.83. The number of aromatic amines is 1. The molecule has 8 heteroatoms. The summed E-state index contributed by atoms with van der Waals surface area (Å²) in [6, 6.07) is 6.60. The number of carbonyl (C=O) groups excluding carboxylic acids is 2. The first-order valence-electron chi connectivity index (χ1n) is 6.01. The molecule has 0 fully saturated rings. The quantitative estimate of drug-likeness (QED) is 0.664. The van der Waals surface area contributed by atoms with Gasteiger partial charge in [0.05, 0.1) is 23.7 Å². The van der Waals surface area contributed by atoms with Crippen LogP contribution in [0.1, 0.15) is 20.7 Å². The van der Waals surface area contributed by atoms with Crippen LogP contribution in [0.25, 0.3) is 0 Å². The molecular weight excluding hydrogens is 292 g/mol. The maximum Gasteiger partial charge on any atom is 0.285 e. The van der Waals surface area contributed by atoms with Gasteiger partial charge in [-0.15, -0.1) is 0 Å². The number of aromatic nitrogens is 2. The Kier molecular flexibility index (Phi) is 3.15. The van der Waals surface area contributed by atoms with Crippen molar-refractivity contribution in [3.05, 3.63) is 47.9 Å². The zero-order chi connectivity index (χ0) is 15.0. The normalized spacial score (nSPS) is 13.3. The third-order valence-corrected chi connectivity index (χ3v) is 3.35. The Morgan fingerprint density at radius 1 is 1.29 bits per heavy atom. The summed E-state index contributed by atoms with van der Waals surface area (Å²) in [5.41, 5.74) is 0.692. The average Bonchev–Trinajstić information content (AvgIpc) is 3.07. The molecule has 3 rings (SSSR count). The van der Waals surface area contributed by atoms with E-state index in [2.05, 4.69) is 9.97 Å². The number of nitrogens with one attached hydrogen (secondary N) is 1. The number of hydrogen-bond donors (Lipinski definition) is 1. The van der Waals surface area contributed by atoms with E-state index in [0.717, 1.165) is 5.01 Å². The van der Waals surface area contributed by atoms with Crippen LogP contribution >= 0.6 is 12.2 Å². The molecule has 2 aromatic rings. The molecule has 0 aliphatic carbocycles. The molecule has 106 valence electrons. The van der Waals surface area contributed by atoms with Gasteiger partial charge in [0.2, 0.25) is 5.88 Å². The van der Waals surface area contributed by atoms with Crippen LogP contribution in [0.3, 0.4) is 0 Å². The van der Waals surface area contributed by atoms with E-state index >= 15 is 0 Å². The number of imide groups is 1. The van der Waals surface area contributed by atoms with E-state index in [-0.39, 0.29) is 5.17 Å². The first-order chi connectivity index (χ1) is 10.1. The molecule has 0 spiro atoms. The lowest BCUT2D eigenvalue weighted by molar-refractivity contribution is 0.0328. The van der Waals surface area contributed by atoms with Crippen molar-refractivity contribution in [2.45, 2.75) is 0 Å². The molecule has 0 saturated heterocycles. The number of benzene rings is 1. The molecule has 0 saturated carbocycles. The number of nitrogens with zero attached hydrogens (tertiary/aromatic N) is 3. The molecule has 0 unspecified atom stereocenters. The van der Waals surface area contributed by atoms with Gasteiger partial charge in [-0.1, -0.05) is 12.1 Å². The fraction of sp³-hybridized carbons (Fsp3) is 0.0769. The Labute approximate surface area is 125 Å². The van der Waals surface area contributed by atoms with Gasteiger partial charge in [0, 0.05) is 7.05 Å². The van der Waals surface area contributed by atoms with E-state index in [1.807, 2.05) is 0 Å². The summed E-state index contributed by atoms with van der Waals surface area (Å²) in [6.07, 6.45) is 2.86. The summed E-state index contributed by atoms with van der Waals surface area (Å²) in [6.45, 7) is 0. The van der Waals surface area contributed by atoms with Crippen LogP contribution in [0.4, 0.5) is 0 Å². The number of hydrazine groups is 1. The minimum absolute atomic E-state index is 0.0474. The summed E-state index contributed by atoms with van der Waals surface area (Å²) >= 11 is 5.09. The summed E-state index contributed by atoms with van der Waals surface area (Å²) < 4.78 is 5.32. The second-order valence-corrected chi connectivity index (χ2v) is 4.62. The minimum Gasteiger partial charge on any atom is -0.412 e. The third kappa shape index (κ3) is 2.15. The molecule has 1 aliphatic rings. The van der Waals surface area contributed by atoms with E-state index in [1.54, 1.807) is 24.3 Å². The molecule has 7 nitrogen and oxygen atoms in total. The van der Waals surface area contributed by atoms with Crippen molar-refractivity contribution in [2.24, 2.45) is 0 Å². The lowest BCUT2D eigenvalue weighted by atomic mass is 10.1. The highest BCUT2D eigenvalue weighted by molar-refractivity contribution is 7.80. The molecule has 1 aliphatic heterocycles. The monoisotopic (exact) mass is 302 g/mol. The molecule has 1 aromatic heterocycles. The van der Waals surface area contributed by atoms with Crippen LogP contribution in [-0.4, -0.2) is 44.0 Å². The van der Waals surface area contributed by atoms with Gasteiger partial charge in [-0.25, -0.2) is 9.99 Å². The minimum atomic E-state index is -0.436. The molecule has 0 bridgehead atoms. The van der Waals surface area contributed by atoms with E-state index in [0.29, 0.717) is 17.0 Å². The van der Waals surface area contributed by atoms with Gasteiger partial charge in [-0.3, -0.25) is 9.59 Å². The lowest BCUT2D eigenvalue weighted by Crippen LogP contribution is -2.48. The lowest BCUT2D eigenvalue weighted by Gasteiger charge is -2.26. The molecule has 2 heterocycles. The first kappa shape index (κ1) is 13.3. The van der Waals surface area contributed by atoms with Gasteiger partial charge < -0.3 is 9.72 Å². The second kappa shape index (κ2) is 4.98. The number of hydrogen-bond acceptors (Lipinski definition) is 5. The maximum atomic E-state index is 12.3. The van der Waals surface area contributed by atoms with Crippen LogP contribution in [0.2, 0.25) is 0 Å². The third-order valence-electron chi connectivity index (χ3n) is 3.01. The Hall–Kier alpha value is -2.74. The average molecular weight is 302 g/mol. The second-order valence-electron chi connectivity index (χ2n) is 4.28. The van der Waals surface area contributed by atoms with Crippen LogP contribution in [0.5, 0.6) is 5.88 Å². The van der Waals surface area contributed by atoms with Gasteiger partial charge in [0.15, 0.2) is 0 Å². The van der Waals surface area contributed by atoms with Gasteiger partial charge in [-0.05, 0) is 24.4 Å². The van der Waals surface area contributed by atoms with Crippen LogP contribution in [-0.2, 0) is 0 Å². The van der Waals surface area contributed by atoms with Crippen molar-refractivity contribution in [1.82, 2.24) is 20.0 Å². The molecule has 0 radical (unpaired) electrons. The van der Waals surface area contributed by atoms with Crippen LogP contribution in [0, 0.1) is 0 Å². The van der Waals surface area contributed by atoms with Gasteiger partial charge >= 0.3 is 0 Å². The van der Waals surface area contributed by atoms with Crippen molar-refractivity contribution >= 4 is 29.2 Å². The van der Waals surface area contributed by atoms with Crippen LogP contribution < -0.4 is 4.74 Å². The Morgan fingerprint density at radius 3 is 2.43 bits per heavy atom. The molecule has 21 heavy (non-hydrogen) atoms. The molecule has 2 amide bonds. The van der Waals surface area contributed by atoms with Gasteiger partial charge in [0.1, 0.15) is 0 Å². The number of imidazole rings is 1. The zero-order valence-electron chi connectivity index (χ0n) is 10.9. The van der Waals surface area contributed by atoms with Gasteiger partial charge in [-0.2, -0.15) is 5.01 Å². The van der Waals surface area contributed by atoms with E-state index in [1.165, 1.54) is 24.6 Å². The molecule has 0 atom stereocenters. The highest BCUT2D eigenvalue weighted by Crippen LogP contribution is 2.23. The number of thiocarbonyl (C=S) groups is 1. The topological polar surface area (TPSA) is 78.5 Å². The Bertz CT molecular complexity index is 694. The van der Waals surface area contributed by atoms with E-state index in [4.69, 9.17) is 17.0 Å². The number of carbonyl (C=O) groups is 2. The maximum absolute atomic E-state index is 12.3. The number of fused-ring (bicyclic) bond motifs is 1. The van der Waals surface area contributed by atoms with Crippen molar-refractivity contribution in [3.63, 3.8) is 0 Å². The van der Waals surface area contributed by atoms with Crippen molar-refractivity contribution in [2.75, 3.05) is 7.05 Å². The van der Waals surface area contributed by atoms with E-state index < -0.39 is 11.8 Å². The fourth-order valence-corrected chi connectivity index (χ4v) is 2.16. The fourth-order valence-electron chi connectivity index (χ4n) is 1.99. The summed E-state index contributed by atoms with van der Waals surface area (Å²) in [7, 11) is 1.49. The highest BCUT2D eigenvalue weighted by atomic mass is 32.1. The standard InChI is InChI=1S/C13H10N4O3S/c1-16(13(21)20-10-6-14-7-15-10)17-11(18)8-4-2-3-5-9(8)12(17)19/h2-7H,1H3,(H,14,15).